The maximum atomic E-state index is 7.52. The van der Waals surface area contributed by atoms with Crippen molar-refractivity contribution in [1.29, 1.82) is 0 Å². The van der Waals surface area contributed by atoms with Crippen LogP contribution in [0.25, 0.3) is 0 Å². The Bertz CT molecular complexity index is 2540. The number of ether oxygens (including phenoxy) is 11. The fraction of sp³-hybridized carbons (Fsp3) is 0.357. The molecule has 67 heavy (non-hydrogen) atoms. The second-order valence-electron chi connectivity index (χ2n) is 18.2. The summed E-state index contributed by atoms with van der Waals surface area (Å²) in [7, 11) is 1.64. The van der Waals surface area contributed by atoms with E-state index in [1.807, 2.05) is 97.1 Å². The molecule has 1 spiro atoms. The largest absolute Gasteiger partial charge is 0.371 e. The van der Waals surface area contributed by atoms with Crippen molar-refractivity contribution in [1.82, 2.24) is 0 Å². The van der Waals surface area contributed by atoms with E-state index in [0.717, 1.165) is 44.5 Å². The van der Waals surface area contributed by atoms with E-state index >= 15 is 0 Å². The summed E-state index contributed by atoms with van der Waals surface area (Å²) in [5.41, 5.74) is 7.31. The molecule has 344 valence electrons. The maximum absolute atomic E-state index is 7.52. The molecule has 6 aliphatic rings. The molecule has 6 aromatic rings. The number of methoxy groups -OCH3 is 1. The first-order valence-electron chi connectivity index (χ1n) is 23.4. The Morgan fingerprint density at radius 2 is 0.955 bits per heavy atom. The van der Waals surface area contributed by atoms with Crippen molar-refractivity contribution >= 4 is 0 Å². The molecule has 0 aromatic heterocycles. The van der Waals surface area contributed by atoms with E-state index in [4.69, 9.17) is 52.1 Å². The summed E-state index contributed by atoms with van der Waals surface area (Å²) in [6.07, 6.45) is -7.16. The molecule has 5 heterocycles. The van der Waals surface area contributed by atoms with Crippen LogP contribution in [0.5, 0.6) is 0 Å². The van der Waals surface area contributed by atoms with Crippen molar-refractivity contribution in [2.45, 2.75) is 98.5 Å². The zero-order valence-corrected chi connectivity index (χ0v) is 37.2. The minimum absolute atomic E-state index is 0.295. The average molecular weight is 903 g/mol. The van der Waals surface area contributed by atoms with Gasteiger partial charge in [-0.2, -0.15) is 0 Å². The highest BCUT2D eigenvalue weighted by Gasteiger charge is 2.65. The molecule has 12 rings (SSSR count). The van der Waals surface area contributed by atoms with E-state index in [1.165, 1.54) is 0 Å². The van der Waals surface area contributed by atoms with Crippen molar-refractivity contribution in [3.63, 3.8) is 0 Å². The first kappa shape index (κ1) is 43.2. The normalized spacial score (nSPS) is 34.0. The van der Waals surface area contributed by atoms with Gasteiger partial charge in [-0.05, 0) is 33.4 Å². The van der Waals surface area contributed by atoms with Crippen LogP contribution in [-0.2, 0) is 70.7 Å². The third-order valence-electron chi connectivity index (χ3n) is 14.3. The highest BCUT2D eigenvalue weighted by molar-refractivity contribution is 5.58. The molecular weight excluding hydrogens is 849 g/mol. The first-order valence-corrected chi connectivity index (χ1v) is 23.4. The van der Waals surface area contributed by atoms with E-state index in [2.05, 4.69) is 72.8 Å². The quantitative estimate of drug-likeness (QED) is 0.125. The van der Waals surface area contributed by atoms with Crippen LogP contribution in [0, 0.1) is 0 Å². The van der Waals surface area contributed by atoms with Crippen molar-refractivity contribution in [3.8, 4) is 0 Å². The molecule has 11 nitrogen and oxygen atoms in total. The molecule has 0 radical (unpaired) electrons. The van der Waals surface area contributed by atoms with Gasteiger partial charge in [-0.25, -0.2) is 0 Å². The molecule has 0 saturated carbocycles. The topological polar surface area (TPSA) is 102 Å². The molecule has 6 aromatic carbocycles. The molecule has 0 bridgehead atoms. The third-order valence-corrected chi connectivity index (χ3v) is 14.3. The van der Waals surface area contributed by atoms with Crippen molar-refractivity contribution < 1.29 is 52.1 Å². The van der Waals surface area contributed by atoms with Crippen LogP contribution < -0.4 is 0 Å². The van der Waals surface area contributed by atoms with E-state index in [0.29, 0.717) is 33.0 Å². The lowest BCUT2D eigenvalue weighted by molar-refractivity contribution is -0.371. The van der Waals surface area contributed by atoms with Gasteiger partial charge >= 0.3 is 0 Å². The van der Waals surface area contributed by atoms with Gasteiger partial charge < -0.3 is 52.1 Å². The van der Waals surface area contributed by atoms with E-state index in [-0.39, 0.29) is 0 Å². The Morgan fingerprint density at radius 1 is 0.478 bits per heavy atom. The maximum Gasteiger partial charge on any atom is 0.186 e. The molecule has 1 aliphatic carbocycles. The van der Waals surface area contributed by atoms with E-state index in [9.17, 15) is 0 Å². The Balaban J connectivity index is 0.903. The van der Waals surface area contributed by atoms with Crippen LogP contribution in [0.3, 0.4) is 0 Å². The SMILES string of the molecule is CO[C@@H]1O[C@@H]2CO[C@@H](c3ccccc3)O[C@H]2[C@H](OCc2ccccc2)[C@H]1OC1c2ccccc2C2(CO[C@@H]3[C@@H](OCc4ccccc4)[C@@H]4O[C@H](c5ccccc5)OC[C@H]4O[C@H]32)c2ccccc21. The second-order valence-corrected chi connectivity index (χ2v) is 18.2. The Hall–Kier alpha value is -5.12. The summed E-state index contributed by atoms with van der Waals surface area (Å²) in [5, 5.41) is 0. The fourth-order valence-corrected chi connectivity index (χ4v) is 11.2. The van der Waals surface area contributed by atoms with Crippen LogP contribution in [0.1, 0.15) is 63.2 Å². The number of fused-ring (bicyclic) bond motifs is 8. The van der Waals surface area contributed by atoms with Crippen LogP contribution in [0.2, 0.25) is 0 Å². The zero-order chi connectivity index (χ0) is 44.7. The van der Waals surface area contributed by atoms with Crippen molar-refractivity contribution in [2.24, 2.45) is 0 Å². The summed E-state index contributed by atoms with van der Waals surface area (Å²) in [6, 6.07) is 57.4. The molecule has 5 fully saturated rings. The number of benzene rings is 6. The van der Waals surface area contributed by atoms with Gasteiger partial charge in [-0.15, -0.1) is 0 Å². The summed E-state index contributed by atoms with van der Waals surface area (Å²) in [6.45, 7) is 1.70. The van der Waals surface area contributed by atoms with Gasteiger partial charge in [0.1, 0.15) is 61.0 Å². The lowest BCUT2D eigenvalue weighted by Gasteiger charge is -2.52. The number of hydrogen-bond donors (Lipinski definition) is 0. The Morgan fingerprint density at radius 3 is 1.51 bits per heavy atom. The van der Waals surface area contributed by atoms with Crippen LogP contribution in [0.15, 0.2) is 170 Å². The Labute approximate surface area is 390 Å². The van der Waals surface area contributed by atoms with Gasteiger partial charge in [0.25, 0.3) is 0 Å². The van der Waals surface area contributed by atoms with Crippen LogP contribution >= 0.6 is 0 Å². The average Bonchev–Trinajstić information content (AvgIpc) is 3.78. The van der Waals surface area contributed by atoms with Crippen molar-refractivity contribution in [3.05, 3.63) is 214 Å². The lowest BCUT2D eigenvalue weighted by atomic mass is 9.62. The third kappa shape index (κ3) is 7.96. The summed E-state index contributed by atoms with van der Waals surface area (Å²) in [4.78, 5) is 0. The van der Waals surface area contributed by atoms with Gasteiger partial charge in [0.2, 0.25) is 0 Å². The predicted octanol–water partition coefficient (Wildman–Crippen LogP) is 8.70. The number of hydrogen-bond acceptors (Lipinski definition) is 11. The highest BCUT2D eigenvalue weighted by Crippen LogP contribution is 2.57. The summed E-state index contributed by atoms with van der Waals surface area (Å²) >= 11 is 0. The van der Waals surface area contributed by atoms with Gasteiger partial charge in [-0.3, -0.25) is 0 Å². The van der Waals surface area contributed by atoms with E-state index in [1.54, 1.807) is 7.11 Å². The molecular formula is C56H54O11. The standard InChI is InChI=1S/C56H54O11/c1-57-55-51(49(59-31-36-20-8-3-9-21-36)47-44(64-55)33-61-54(67-47)38-24-12-5-13-25-38)65-45-39-26-14-16-28-41(39)56(42-29-17-15-27-40(42)45)34-62-50-48(58-30-35-18-6-2-7-19-35)46-43(63-52(50)56)32-60-53(66-46)37-22-10-4-11-23-37/h2-29,43-55H,30-34H2,1H3/t43-,44-,45?,46-,47-,48+,49+,50-,51-,52-,53-,54-,55-,56?/m1/s1. The fourth-order valence-electron chi connectivity index (χ4n) is 11.2. The molecule has 11 heteroatoms. The van der Waals surface area contributed by atoms with Gasteiger partial charge in [-0.1, -0.05) is 170 Å². The van der Waals surface area contributed by atoms with Gasteiger partial charge in [0.05, 0.1) is 38.4 Å². The van der Waals surface area contributed by atoms with E-state index < -0.39 is 85.3 Å². The summed E-state index contributed by atoms with van der Waals surface area (Å²) in [5.74, 6) is 0. The molecule has 5 saturated heterocycles. The van der Waals surface area contributed by atoms with Gasteiger partial charge in [0.15, 0.2) is 18.9 Å². The highest BCUT2D eigenvalue weighted by atomic mass is 16.8. The predicted molar refractivity (Wildman–Crippen MR) is 245 cm³/mol. The monoisotopic (exact) mass is 902 g/mol. The second kappa shape index (κ2) is 18.8. The molecule has 5 aliphatic heterocycles. The molecule has 0 amide bonds. The van der Waals surface area contributed by atoms with Crippen LogP contribution in [-0.4, -0.2) is 88.2 Å². The smallest absolute Gasteiger partial charge is 0.186 e. The molecule has 0 N–H and O–H groups in total. The summed E-state index contributed by atoms with van der Waals surface area (Å²) < 4.78 is 75.1. The van der Waals surface area contributed by atoms with Gasteiger partial charge in [0, 0.05) is 18.2 Å². The Kier molecular flexibility index (Phi) is 12.1. The molecule has 0 unspecified atom stereocenters. The minimum Gasteiger partial charge on any atom is -0.371 e. The van der Waals surface area contributed by atoms with Crippen molar-refractivity contribution in [2.75, 3.05) is 26.9 Å². The lowest BCUT2D eigenvalue weighted by Crippen LogP contribution is -2.65. The number of rotatable bonds is 11. The minimum atomic E-state index is -0.802. The zero-order valence-electron chi connectivity index (χ0n) is 37.2. The molecule has 12 atom stereocenters. The first-order chi connectivity index (χ1) is 33.2. The van der Waals surface area contributed by atoms with Crippen LogP contribution in [0.4, 0.5) is 0 Å².